The zero-order chi connectivity index (χ0) is 28.3. The largest absolute Gasteiger partial charge is 0.390 e. The molecule has 4 aromatic rings. The van der Waals surface area contributed by atoms with Gasteiger partial charge in [-0.3, -0.25) is 0 Å². The number of aryl methyl sites for hydroxylation is 1. The van der Waals surface area contributed by atoms with Crippen LogP contribution in [0, 0.1) is 5.92 Å². The van der Waals surface area contributed by atoms with Crippen LogP contribution in [0.25, 0.3) is 10.8 Å². The minimum Gasteiger partial charge on any atom is -0.390 e. The van der Waals surface area contributed by atoms with Crippen molar-refractivity contribution in [3.8, 4) is 0 Å². The smallest absolute Gasteiger partial charge is 0.0672 e. The lowest BCUT2D eigenvalue weighted by Crippen LogP contribution is -2.45. The van der Waals surface area contributed by atoms with Crippen LogP contribution in [0.1, 0.15) is 50.5 Å². The Morgan fingerprint density at radius 3 is 2.15 bits per heavy atom. The van der Waals surface area contributed by atoms with Crippen molar-refractivity contribution >= 4 is 22.7 Å². The number of hydrogen-bond acceptors (Lipinski definition) is 4. The van der Waals surface area contributed by atoms with Crippen LogP contribution in [0.2, 0.25) is 0 Å². The first-order valence-electron chi connectivity index (χ1n) is 15.4. The monoisotopic (exact) mass is 566 g/mol. The maximum atomic E-state index is 11.1. The van der Waals surface area contributed by atoms with Gasteiger partial charge in [0.15, 0.2) is 0 Å². The standard InChI is InChI=1S/C31H40N2OS.C6H6/c1-32(35-30-16-14-27-11-5-6-12-28(27)23-30)29-15-13-26(22-29)24-33-20-18-31(34,19-21-33)17-7-10-25-8-3-2-4-9-25;1-2-4-6-5-3-1/h2-6,8-9,11-12,14,16,23,26,29,34H,7,10,13,15,17-22,24H2,1H3;1-6H. The average Bonchev–Trinajstić information content (AvgIpc) is 3.49. The molecule has 2 aliphatic rings. The molecule has 41 heavy (non-hydrogen) atoms. The summed E-state index contributed by atoms with van der Waals surface area (Å²) in [6, 6.07) is 38.7. The third-order valence-corrected chi connectivity index (χ3v) is 9.97. The molecule has 6 rings (SSSR count). The highest BCUT2D eigenvalue weighted by Crippen LogP contribution is 2.36. The van der Waals surface area contributed by atoms with E-state index in [-0.39, 0.29) is 0 Å². The molecular formula is C37H46N2OS. The minimum atomic E-state index is -0.458. The summed E-state index contributed by atoms with van der Waals surface area (Å²) in [6.07, 6.45) is 8.83. The minimum absolute atomic E-state index is 0.458. The van der Waals surface area contributed by atoms with Crippen LogP contribution in [-0.2, 0) is 6.42 Å². The van der Waals surface area contributed by atoms with Crippen molar-refractivity contribution in [3.63, 3.8) is 0 Å². The Balaban J connectivity index is 0.000000500. The fraction of sp³-hybridized carbons (Fsp3) is 0.405. The molecule has 1 N–H and O–H groups in total. The Labute approximate surface area is 251 Å². The molecule has 0 amide bonds. The van der Waals surface area contributed by atoms with Gasteiger partial charge in [-0.05, 0) is 105 Å². The molecule has 1 saturated heterocycles. The molecule has 0 aromatic heterocycles. The number of piperidine rings is 1. The molecule has 2 atom stereocenters. The lowest BCUT2D eigenvalue weighted by atomic mass is 9.85. The van der Waals surface area contributed by atoms with E-state index < -0.39 is 5.60 Å². The summed E-state index contributed by atoms with van der Waals surface area (Å²) >= 11 is 1.90. The molecule has 1 aliphatic heterocycles. The second-order valence-electron chi connectivity index (χ2n) is 12.0. The van der Waals surface area contributed by atoms with E-state index in [1.807, 2.05) is 48.3 Å². The number of benzene rings is 4. The summed E-state index contributed by atoms with van der Waals surface area (Å²) in [6.45, 7) is 3.29. The van der Waals surface area contributed by atoms with Gasteiger partial charge < -0.3 is 10.0 Å². The molecule has 0 radical (unpaired) electrons. The van der Waals surface area contributed by atoms with E-state index in [0.717, 1.165) is 51.1 Å². The van der Waals surface area contributed by atoms with Crippen molar-refractivity contribution in [2.45, 2.75) is 67.9 Å². The number of fused-ring (bicyclic) bond motifs is 1. The van der Waals surface area contributed by atoms with Gasteiger partial charge in [0.05, 0.1) is 5.60 Å². The quantitative estimate of drug-likeness (QED) is 0.206. The zero-order valence-corrected chi connectivity index (χ0v) is 25.4. The van der Waals surface area contributed by atoms with E-state index >= 15 is 0 Å². The summed E-state index contributed by atoms with van der Waals surface area (Å²) in [5, 5.41) is 13.7. The van der Waals surface area contributed by atoms with Crippen molar-refractivity contribution in [3.05, 3.63) is 115 Å². The van der Waals surface area contributed by atoms with Gasteiger partial charge in [-0.1, -0.05) is 97.1 Å². The molecular weight excluding hydrogens is 520 g/mol. The van der Waals surface area contributed by atoms with Crippen LogP contribution in [-0.4, -0.2) is 52.6 Å². The highest BCUT2D eigenvalue weighted by Gasteiger charge is 2.34. The predicted molar refractivity (Wildman–Crippen MR) is 175 cm³/mol. The van der Waals surface area contributed by atoms with E-state index in [1.54, 1.807) is 0 Å². The van der Waals surface area contributed by atoms with E-state index in [2.05, 4.69) is 89.0 Å². The van der Waals surface area contributed by atoms with Gasteiger partial charge in [0.1, 0.15) is 0 Å². The van der Waals surface area contributed by atoms with Crippen molar-refractivity contribution in [1.29, 1.82) is 0 Å². The molecule has 1 aliphatic carbocycles. The second-order valence-corrected chi connectivity index (χ2v) is 13.2. The SMILES string of the molecule is CN(Sc1ccc2ccccc2c1)C1CCC(CN2CCC(O)(CCCc3ccccc3)CC2)C1.c1ccccc1. The number of hydrogen-bond donors (Lipinski definition) is 1. The second kappa shape index (κ2) is 15.0. The van der Waals surface area contributed by atoms with Crippen molar-refractivity contribution in [2.75, 3.05) is 26.7 Å². The number of aliphatic hydroxyl groups is 1. The summed E-state index contributed by atoms with van der Waals surface area (Å²) < 4.78 is 2.49. The van der Waals surface area contributed by atoms with Gasteiger partial charge in [-0.25, -0.2) is 4.31 Å². The third-order valence-electron chi connectivity index (χ3n) is 8.92. The highest BCUT2D eigenvalue weighted by atomic mass is 32.2. The first kappa shape index (κ1) is 29.8. The van der Waals surface area contributed by atoms with Gasteiger partial charge in [0, 0.05) is 30.6 Å². The summed E-state index contributed by atoms with van der Waals surface area (Å²) in [5.41, 5.74) is 0.924. The van der Waals surface area contributed by atoms with Gasteiger partial charge in [0.2, 0.25) is 0 Å². The number of nitrogens with zero attached hydrogens (tertiary/aromatic N) is 2. The van der Waals surface area contributed by atoms with E-state index in [4.69, 9.17) is 0 Å². The predicted octanol–water partition coefficient (Wildman–Crippen LogP) is 8.48. The zero-order valence-electron chi connectivity index (χ0n) is 24.6. The van der Waals surface area contributed by atoms with Crippen LogP contribution < -0.4 is 0 Å². The Morgan fingerprint density at radius 2 is 1.44 bits per heavy atom. The maximum absolute atomic E-state index is 11.1. The van der Waals surface area contributed by atoms with Crippen LogP contribution in [0.5, 0.6) is 0 Å². The number of likely N-dealkylation sites (tertiary alicyclic amines) is 1. The van der Waals surface area contributed by atoms with Gasteiger partial charge >= 0.3 is 0 Å². The number of rotatable bonds is 9. The van der Waals surface area contributed by atoms with Crippen LogP contribution in [0.3, 0.4) is 0 Å². The first-order valence-corrected chi connectivity index (χ1v) is 16.2. The molecule has 2 unspecified atom stereocenters. The molecule has 1 saturated carbocycles. The average molecular weight is 567 g/mol. The molecule has 2 fully saturated rings. The van der Waals surface area contributed by atoms with Gasteiger partial charge in [0.25, 0.3) is 0 Å². The first-order chi connectivity index (χ1) is 20.1. The lowest BCUT2D eigenvalue weighted by Gasteiger charge is -2.39. The Morgan fingerprint density at radius 1 is 0.805 bits per heavy atom. The van der Waals surface area contributed by atoms with Crippen LogP contribution >= 0.6 is 11.9 Å². The summed E-state index contributed by atoms with van der Waals surface area (Å²) in [5.74, 6) is 0.781. The normalized spacial score (nSPS) is 20.6. The fourth-order valence-corrected chi connectivity index (χ4v) is 7.41. The molecule has 3 nitrogen and oxygen atoms in total. The molecule has 0 bridgehead atoms. The third kappa shape index (κ3) is 9.18. The Hall–Kier alpha value is -2.63. The molecule has 4 heteroatoms. The molecule has 4 aromatic carbocycles. The van der Waals surface area contributed by atoms with Gasteiger partial charge in [-0.15, -0.1) is 0 Å². The van der Waals surface area contributed by atoms with Crippen molar-refractivity contribution in [1.82, 2.24) is 9.21 Å². The van der Waals surface area contributed by atoms with Crippen molar-refractivity contribution < 1.29 is 5.11 Å². The van der Waals surface area contributed by atoms with E-state index in [9.17, 15) is 5.11 Å². The Bertz CT molecular complexity index is 1280. The van der Waals surface area contributed by atoms with Gasteiger partial charge in [-0.2, -0.15) is 0 Å². The molecule has 0 spiro atoms. The van der Waals surface area contributed by atoms with Crippen molar-refractivity contribution in [2.24, 2.45) is 5.92 Å². The summed E-state index contributed by atoms with van der Waals surface area (Å²) in [7, 11) is 2.27. The molecule has 216 valence electrons. The van der Waals surface area contributed by atoms with E-state index in [0.29, 0.717) is 6.04 Å². The van der Waals surface area contributed by atoms with E-state index in [1.165, 1.54) is 47.0 Å². The Kier molecular flexibility index (Phi) is 10.9. The maximum Gasteiger partial charge on any atom is 0.0672 e. The molecule has 1 heterocycles. The highest BCUT2D eigenvalue weighted by molar-refractivity contribution is 7.97. The van der Waals surface area contributed by atoms with Crippen LogP contribution in [0.15, 0.2) is 114 Å². The topological polar surface area (TPSA) is 26.7 Å². The van der Waals surface area contributed by atoms with Crippen LogP contribution in [0.4, 0.5) is 0 Å². The lowest BCUT2D eigenvalue weighted by molar-refractivity contribution is -0.0314. The summed E-state index contributed by atoms with van der Waals surface area (Å²) in [4.78, 5) is 3.95. The fourth-order valence-electron chi connectivity index (χ4n) is 6.43.